The van der Waals surface area contributed by atoms with Crippen molar-refractivity contribution in [2.45, 2.75) is 44.7 Å². The Morgan fingerprint density at radius 2 is 1.77 bits per heavy atom. The van der Waals surface area contributed by atoms with Crippen LogP contribution in [0.1, 0.15) is 48.0 Å². The van der Waals surface area contributed by atoms with E-state index in [0.717, 1.165) is 18.4 Å². The lowest BCUT2D eigenvalue weighted by atomic mass is 9.94. The lowest BCUT2D eigenvalue weighted by Gasteiger charge is -2.33. The second-order valence-electron chi connectivity index (χ2n) is 8.28. The summed E-state index contributed by atoms with van der Waals surface area (Å²) in [7, 11) is 5.32. The molecule has 0 aromatic heterocycles. The molecule has 3 amide bonds. The molecule has 0 radical (unpaired) electrons. The molecule has 3 rings (SSSR count). The van der Waals surface area contributed by atoms with Crippen molar-refractivity contribution in [2.75, 3.05) is 31.4 Å². The highest BCUT2D eigenvalue weighted by Crippen LogP contribution is 2.29. The summed E-state index contributed by atoms with van der Waals surface area (Å²) in [6, 6.07) is 11.8. The van der Waals surface area contributed by atoms with Crippen LogP contribution in [0.4, 0.5) is 20.6 Å². The van der Waals surface area contributed by atoms with Crippen molar-refractivity contribution in [3.8, 4) is 0 Å². The number of nitrogens with one attached hydrogen (secondary N) is 2. The second kappa shape index (κ2) is 10.3. The fourth-order valence-electron chi connectivity index (χ4n) is 3.97. The van der Waals surface area contributed by atoms with E-state index in [4.69, 9.17) is 0 Å². The Kier molecular flexibility index (Phi) is 7.50. The third kappa shape index (κ3) is 5.96. The van der Waals surface area contributed by atoms with Gasteiger partial charge in [0, 0.05) is 45.0 Å². The molecule has 0 saturated heterocycles. The van der Waals surface area contributed by atoms with E-state index in [0.29, 0.717) is 23.0 Å². The highest BCUT2D eigenvalue weighted by molar-refractivity contribution is 5.94. The minimum Gasteiger partial charge on any atom is -0.369 e. The Hall–Kier alpha value is -3.09. The third-order valence-electron chi connectivity index (χ3n) is 5.74. The normalized spacial score (nSPS) is 14.1. The van der Waals surface area contributed by atoms with E-state index in [9.17, 15) is 14.0 Å². The van der Waals surface area contributed by atoms with Gasteiger partial charge in [-0.25, -0.2) is 9.18 Å². The van der Waals surface area contributed by atoms with Crippen LogP contribution in [-0.2, 0) is 6.54 Å². The maximum absolute atomic E-state index is 14.7. The standard InChI is InChI=1S/C24H31FN4O2/c1-28(2)23(30)18-9-7-8-17(14-18)16-26-24(31)27-19-12-13-22(21(25)15-19)29(3)20-10-5-4-6-11-20/h7-9,12-15,20H,4-6,10-11,16H2,1-3H3,(H2,26,27,31). The Morgan fingerprint density at radius 3 is 2.45 bits per heavy atom. The minimum atomic E-state index is -0.433. The molecule has 7 heteroatoms. The van der Waals surface area contributed by atoms with Gasteiger partial charge in [0.05, 0.1) is 5.69 Å². The first-order chi connectivity index (χ1) is 14.8. The summed E-state index contributed by atoms with van der Waals surface area (Å²) < 4.78 is 14.7. The summed E-state index contributed by atoms with van der Waals surface area (Å²) in [5.74, 6) is -0.444. The number of hydrogen-bond donors (Lipinski definition) is 2. The molecule has 1 aliphatic carbocycles. The molecule has 2 aromatic rings. The van der Waals surface area contributed by atoms with E-state index in [1.54, 1.807) is 44.4 Å². The quantitative estimate of drug-likeness (QED) is 0.709. The summed E-state index contributed by atoms with van der Waals surface area (Å²) in [5, 5.41) is 5.41. The van der Waals surface area contributed by atoms with Crippen molar-refractivity contribution in [1.29, 1.82) is 0 Å². The van der Waals surface area contributed by atoms with Gasteiger partial charge in [0.1, 0.15) is 5.82 Å². The number of carbonyl (C=O) groups is 2. The SMILES string of the molecule is CN(C)C(=O)c1cccc(CNC(=O)Nc2ccc(N(C)C3CCCCC3)c(F)c2)c1. The molecule has 0 spiro atoms. The molecule has 31 heavy (non-hydrogen) atoms. The van der Waals surface area contributed by atoms with Crippen molar-refractivity contribution in [3.63, 3.8) is 0 Å². The zero-order chi connectivity index (χ0) is 22.4. The topological polar surface area (TPSA) is 64.7 Å². The van der Waals surface area contributed by atoms with Gasteiger partial charge >= 0.3 is 6.03 Å². The number of carbonyl (C=O) groups excluding carboxylic acids is 2. The molecule has 166 valence electrons. The van der Waals surface area contributed by atoms with E-state index < -0.39 is 6.03 Å². The number of anilines is 2. The molecule has 1 fully saturated rings. The lowest BCUT2D eigenvalue weighted by molar-refractivity contribution is 0.0827. The van der Waals surface area contributed by atoms with Crippen molar-refractivity contribution < 1.29 is 14.0 Å². The maximum Gasteiger partial charge on any atom is 0.319 e. The van der Waals surface area contributed by atoms with E-state index in [1.165, 1.54) is 30.2 Å². The van der Waals surface area contributed by atoms with Crippen LogP contribution in [0.5, 0.6) is 0 Å². The summed E-state index contributed by atoms with van der Waals surface area (Å²) in [5.41, 5.74) is 2.32. The van der Waals surface area contributed by atoms with Crippen LogP contribution in [0.15, 0.2) is 42.5 Å². The molecule has 0 aliphatic heterocycles. The van der Waals surface area contributed by atoms with Gasteiger partial charge in [-0.15, -0.1) is 0 Å². The molecule has 0 heterocycles. The molecule has 2 N–H and O–H groups in total. The van der Waals surface area contributed by atoms with E-state index in [-0.39, 0.29) is 18.3 Å². The number of nitrogens with zero attached hydrogens (tertiary/aromatic N) is 2. The molecule has 0 atom stereocenters. The molecule has 2 aromatic carbocycles. The van der Waals surface area contributed by atoms with Gasteiger partial charge in [-0.1, -0.05) is 31.4 Å². The predicted molar refractivity (Wildman–Crippen MR) is 122 cm³/mol. The van der Waals surface area contributed by atoms with Gasteiger partial charge in [-0.2, -0.15) is 0 Å². The summed E-state index contributed by atoms with van der Waals surface area (Å²) in [6.45, 7) is 0.255. The maximum atomic E-state index is 14.7. The van der Waals surface area contributed by atoms with Crippen molar-refractivity contribution >= 4 is 23.3 Å². The Bertz CT molecular complexity index is 926. The van der Waals surface area contributed by atoms with Crippen LogP contribution in [0.3, 0.4) is 0 Å². The highest BCUT2D eigenvalue weighted by atomic mass is 19.1. The predicted octanol–water partition coefficient (Wildman–Crippen LogP) is 4.62. The fourth-order valence-corrected chi connectivity index (χ4v) is 3.97. The molecule has 1 saturated carbocycles. The van der Waals surface area contributed by atoms with Crippen LogP contribution in [0, 0.1) is 5.82 Å². The fraction of sp³-hybridized carbons (Fsp3) is 0.417. The highest BCUT2D eigenvalue weighted by Gasteiger charge is 2.20. The Labute approximate surface area is 183 Å². The van der Waals surface area contributed by atoms with E-state index in [1.807, 2.05) is 18.0 Å². The molecule has 1 aliphatic rings. The average molecular weight is 427 g/mol. The van der Waals surface area contributed by atoms with Crippen LogP contribution >= 0.6 is 0 Å². The zero-order valence-electron chi connectivity index (χ0n) is 18.5. The first-order valence-electron chi connectivity index (χ1n) is 10.7. The van der Waals surface area contributed by atoms with Crippen LogP contribution in [0.25, 0.3) is 0 Å². The second-order valence-corrected chi connectivity index (χ2v) is 8.28. The van der Waals surface area contributed by atoms with Gasteiger partial charge in [0.2, 0.25) is 0 Å². The van der Waals surface area contributed by atoms with Crippen molar-refractivity contribution in [3.05, 3.63) is 59.4 Å². The van der Waals surface area contributed by atoms with Crippen LogP contribution in [-0.4, -0.2) is 44.0 Å². The Balaban J connectivity index is 1.56. The first kappa shape index (κ1) is 22.6. The number of hydrogen-bond acceptors (Lipinski definition) is 3. The lowest BCUT2D eigenvalue weighted by Crippen LogP contribution is -2.34. The van der Waals surface area contributed by atoms with Crippen molar-refractivity contribution in [1.82, 2.24) is 10.2 Å². The molecular weight excluding hydrogens is 395 g/mol. The number of rotatable bonds is 6. The van der Waals surface area contributed by atoms with Crippen LogP contribution in [0.2, 0.25) is 0 Å². The first-order valence-corrected chi connectivity index (χ1v) is 10.7. The van der Waals surface area contributed by atoms with Gasteiger partial charge in [-0.05, 0) is 48.7 Å². The number of urea groups is 1. The van der Waals surface area contributed by atoms with Crippen molar-refractivity contribution in [2.24, 2.45) is 0 Å². The van der Waals surface area contributed by atoms with Gasteiger partial charge in [0.15, 0.2) is 0 Å². The summed E-state index contributed by atoms with van der Waals surface area (Å²) >= 11 is 0. The van der Waals surface area contributed by atoms with Gasteiger partial charge < -0.3 is 20.4 Å². The number of amides is 3. The smallest absolute Gasteiger partial charge is 0.319 e. The Morgan fingerprint density at radius 1 is 1.03 bits per heavy atom. The molecule has 0 unspecified atom stereocenters. The zero-order valence-corrected chi connectivity index (χ0v) is 18.5. The minimum absolute atomic E-state index is 0.0972. The van der Waals surface area contributed by atoms with E-state index >= 15 is 0 Å². The number of halogens is 1. The summed E-state index contributed by atoms with van der Waals surface area (Å²) in [4.78, 5) is 27.8. The molecular formula is C24H31FN4O2. The van der Waals surface area contributed by atoms with E-state index in [2.05, 4.69) is 10.6 Å². The van der Waals surface area contributed by atoms with Gasteiger partial charge in [-0.3, -0.25) is 4.79 Å². The average Bonchev–Trinajstić information content (AvgIpc) is 2.77. The summed E-state index contributed by atoms with van der Waals surface area (Å²) in [6.07, 6.45) is 5.78. The van der Waals surface area contributed by atoms with Gasteiger partial charge in [0.25, 0.3) is 5.91 Å². The molecule has 0 bridgehead atoms. The monoisotopic (exact) mass is 426 g/mol. The largest absolute Gasteiger partial charge is 0.369 e. The number of benzene rings is 2. The van der Waals surface area contributed by atoms with Crippen LogP contribution < -0.4 is 15.5 Å². The molecule has 6 nitrogen and oxygen atoms in total. The third-order valence-corrected chi connectivity index (χ3v) is 5.74.